The van der Waals surface area contributed by atoms with Gasteiger partial charge in [0.1, 0.15) is 11.5 Å². The van der Waals surface area contributed by atoms with Crippen LogP contribution in [-0.2, 0) is 0 Å². The summed E-state index contributed by atoms with van der Waals surface area (Å²) < 4.78 is 5.73. The Labute approximate surface area is 117 Å². The summed E-state index contributed by atoms with van der Waals surface area (Å²) in [7, 11) is 3.93. The Morgan fingerprint density at radius 1 is 1.16 bits per heavy atom. The zero-order valence-electron chi connectivity index (χ0n) is 10.7. The van der Waals surface area contributed by atoms with Gasteiger partial charge in [-0.3, -0.25) is 0 Å². The molecule has 0 N–H and O–H groups in total. The predicted octanol–water partition coefficient (Wildman–Crippen LogP) is 4.07. The maximum Gasteiger partial charge on any atom is 0.146 e. The van der Waals surface area contributed by atoms with E-state index < -0.39 is 0 Å². The van der Waals surface area contributed by atoms with Crippen molar-refractivity contribution in [1.29, 1.82) is 5.26 Å². The first-order chi connectivity index (χ1) is 9.10. The number of nitrogens with zero attached hydrogens (tertiary/aromatic N) is 2. The lowest BCUT2D eigenvalue weighted by Gasteiger charge is -2.14. The summed E-state index contributed by atoms with van der Waals surface area (Å²) in [5, 5.41) is 9.21. The summed E-state index contributed by atoms with van der Waals surface area (Å²) >= 11 is 6.07. The summed E-state index contributed by atoms with van der Waals surface area (Å²) in [5.41, 5.74) is 1.56. The van der Waals surface area contributed by atoms with E-state index in [4.69, 9.17) is 21.6 Å². The minimum absolute atomic E-state index is 0.425. The van der Waals surface area contributed by atoms with Crippen molar-refractivity contribution in [3.63, 3.8) is 0 Å². The highest BCUT2D eigenvalue weighted by Gasteiger charge is 2.05. The van der Waals surface area contributed by atoms with Gasteiger partial charge in [-0.15, -0.1) is 0 Å². The molecule has 96 valence electrons. The molecule has 4 heteroatoms. The highest BCUT2D eigenvalue weighted by Crippen LogP contribution is 2.31. The Bertz CT molecular complexity index is 632. The zero-order chi connectivity index (χ0) is 13.8. The molecule has 0 bridgehead atoms. The Balaban J connectivity index is 2.26. The zero-order valence-corrected chi connectivity index (χ0v) is 11.5. The lowest BCUT2D eigenvalue weighted by Crippen LogP contribution is -2.08. The molecule has 0 atom stereocenters. The Morgan fingerprint density at radius 2 is 1.95 bits per heavy atom. The molecule has 0 aliphatic rings. The van der Waals surface area contributed by atoms with E-state index in [1.165, 1.54) is 0 Å². The Morgan fingerprint density at radius 3 is 2.58 bits per heavy atom. The fraction of sp³-hybridized carbons (Fsp3) is 0.133. The lowest BCUT2D eigenvalue weighted by molar-refractivity contribution is 0.483. The molecule has 0 saturated heterocycles. The summed E-state index contributed by atoms with van der Waals surface area (Å²) in [4.78, 5) is 1.99. The number of hydrogen-bond donors (Lipinski definition) is 0. The van der Waals surface area contributed by atoms with Gasteiger partial charge in [0, 0.05) is 25.8 Å². The van der Waals surface area contributed by atoms with Gasteiger partial charge in [0.2, 0.25) is 0 Å². The highest BCUT2D eigenvalue weighted by atomic mass is 35.5. The van der Waals surface area contributed by atoms with Crippen molar-refractivity contribution in [3.8, 4) is 17.6 Å². The van der Waals surface area contributed by atoms with E-state index in [2.05, 4.69) is 0 Å². The topological polar surface area (TPSA) is 36.3 Å². The van der Waals surface area contributed by atoms with E-state index in [0.29, 0.717) is 22.1 Å². The predicted molar refractivity (Wildman–Crippen MR) is 77.0 cm³/mol. The number of hydrogen-bond acceptors (Lipinski definition) is 3. The van der Waals surface area contributed by atoms with Crippen LogP contribution in [0.3, 0.4) is 0 Å². The normalized spacial score (nSPS) is 9.79. The molecular formula is C15H13ClN2O. The number of benzene rings is 2. The molecule has 0 spiro atoms. The van der Waals surface area contributed by atoms with Gasteiger partial charge < -0.3 is 9.64 Å². The van der Waals surface area contributed by atoms with Gasteiger partial charge in [-0.1, -0.05) is 17.7 Å². The van der Waals surface area contributed by atoms with Gasteiger partial charge in [-0.25, -0.2) is 0 Å². The standard InChI is InChI=1S/C15H13ClN2O/c1-18(2)12-4-3-5-13(9-12)19-15-7-6-11(10-17)8-14(15)16/h3-9H,1-2H3. The van der Waals surface area contributed by atoms with Crippen LogP contribution in [0.2, 0.25) is 5.02 Å². The monoisotopic (exact) mass is 272 g/mol. The van der Waals surface area contributed by atoms with Crippen LogP contribution in [-0.4, -0.2) is 14.1 Å². The fourth-order valence-electron chi connectivity index (χ4n) is 1.61. The van der Waals surface area contributed by atoms with Gasteiger partial charge in [-0.05, 0) is 30.3 Å². The average molecular weight is 273 g/mol. The van der Waals surface area contributed by atoms with Gasteiger partial charge in [0.15, 0.2) is 0 Å². The summed E-state index contributed by atoms with van der Waals surface area (Å²) in [6, 6.07) is 14.7. The summed E-state index contributed by atoms with van der Waals surface area (Å²) in [6.07, 6.45) is 0. The van der Waals surface area contributed by atoms with Crippen molar-refractivity contribution < 1.29 is 4.74 Å². The second kappa shape index (κ2) is 5.64. The van der Waals surface area contributed by atoms with Gasteiger partial charge in [-0.2, -0.15) is 5.26 Å². The van der Waals surface area contributed by atoms with Crippen molar-refractivity contribution in [2.45, 2.75) is 0 Å². The quantitative estimate of drug-likeness (QED) is 0.845. The third-order valence-corrected chi connectivity index (χ3v) is 2.92. The molecule has 3 nitrogen and oxygen atoms in total. The molecule has 0 radical (unpaired) electrons. The molecule has 0 amide bonds. The molecular weight excluding hydrogens is 260 g/mol. The number of halogens is 1. The molecule has 2 rings (SSSR count). The molecule has 0 aliphatic heterocycles. The van der Waals surface area contributed by atoms with E-state index >= 15 is 0 Å². The smallest absolute Gasteiger partial charge is 0.146 e. The van der Waals surface area contributed by atoms with Gasteiger partial charge in [0.25, 0.3) is 0 Å². The van der Waals surface area contributed by atoms with E-state index in [9.17, 15) is 0 Å². The first kappa shape index (κ1) is 13.3. The van der Waals surface area contributed by atoms with Crippen molar-refractivity contribution in [1.82, 2.24) is 0 Å². The second-order valence-corrected chi connectivity index (χ2v) is 4.66. The number of ether oxygens (including phenoxy) is 1. The molecule has 2 aromatic rings. The lowest BCUT2D eigenvalue weighted by atomic mass is 10.2. The molecule has 0 heterocycles. The van der Waals surface area contributed by atoms with Crippen LogP contribution in [0.5, 0.6) is 11.5 Å². The van der Waals surface area contributed by atoms with E-state index in [-0.39, 0.29) is 0 Å². The highest BCUT2D eigenvalue weighted by molar-refractivity contribution is 6.32. The van der Waals surface area contributed by atoms with Crippen LogP contribution >= 0.6 is 11.6 Å². The molecule has 0 fully saturated rings. The van der Waals surface area contributed by atoms with E-state index in [1.807, 2.05) is 49.3 Å². The number of nitriles is 1. The maximum atomic E-state index is 8.79. The minimum atomic E-state index is 0.425. The van der Waals surface area contributed by atoms with Crippen LogP contribution < -0.4 is 9.64 Å². The van der Waals surface area contributed by atoms with Crippen molar-refractivity contribution in [2.75, 3.05) is 19.0 Å². The molecule has 19 heavy (non-hydrogen) atoms. The van der Waals surface area contributed by atoms with Crippen molar-refractivity contribution >= 4 is 17.3 Å². The van der Waals surface area contributed by atoms with Crippen LogP contribution in [0.4, 0.5) is 5.69 Å². The van der Waals surface area contributed by atoms with E-state index in [0.717, 1.165) is 5.69 Å². The Hall–Kier alpha value is -2.18. The average Bonchev–Trinajstić information content (AvgIpc) is 2.41. The SMILES string of the molecule is CN(C)c1cccc(Oc2ccc(C#N)cc2Cl)c1. The van der Waals surface area contributed by atoms with Gasteiger partial charge in [0.05, 0.1) is 16.7 Å². The Kier molecular flexibility index (Phi) is 3.94. The summed E-state index contributed by atoms with van der Waals surface area (Å²) in [6.45, 7) is 0. The third-order valence-electron chi connectivity index (χ3n) is 2.62. The van der Waals surface area contributed by atoms with Gasteiger partial charge >= 0.3 is 0 Å². The maximum absolute atomic E-state index is 8.79. The van der Waals surface area contributed by atoms with Crippen molar-refractivity contribution in [3.05, 3.63) is 53.1 Å². The van der Waals surface area contributed by atoms with Crippen molar-refractivity contribution in [2.24, 2.45) is 0 Å². The minimum Gasteiger partial charge on any atom is -0.456 e. The second-order valence-electron chi connectivity index (χ2n) is 4.25. The fourth-order valence-corrected chi connectivity index (χ4v) is 1.82. The number of rotatable bonds is 3. The molecule has 0 unspecified atom stereocenters. The van der Waals surface area contributed by atoms with Crippen LogP contribution in [0.15, 0.2) is 42.5 Å². The van der Waals surface area contributed by atoms with Crippen LogP contribution in [0.25, 0.3) is 0 Å². The first-order valence-electron chi connectivity index (χ1n) is 5.75. The largest absolute Gasteiger partial charge is 0.456 e. The molecule has 0 saturated carbocycles. The third kappa shape index (κ3) is 3.18. The molecule has 2 aromatic carbocycles. The first-order valence-corrected chi connectivity index (χ1v) is 6.13. The van der Waals surface area contributed by atoms with Crippen LogP contribution in [0.1, 0.15) is 5.56 Å². The summed E-state index contributed by atoms with van der Waals surface area (Å²) in [5.74, 6) is 1.24. The number of anilines is 1. The molecule has 0 aromatic heterocycles. The van der Waals surface area contributed by atoms with Crippen LogP contribution in [0, 0.1) is 11.3 Å². The van der Waals surface area contributed by atoms with E-state index in [1.54, 1.807) is 18.2 Å². The molecule has 0 aliphatic carbocycles.